The SMILES string of the molecule is CC(C)(C)c1ccc(-n2ncc3c2CCC[C@@H]3NC(=O)CN2C(=O)CNC2=O)cc1. The monoisotopic (exact) mass is 409 g/mol. The number of hydrogen-bond donors (Lipinski definition) is 2. The van der Waals surface area contributed by atoms with E-state index in [1.165, 1.54) is 5.56 Å². The van der Waals surface area contributed by atoms with E-state index in [0.29, 0.717) is 0 Å². The Kier molecular flexibility index (Phi) is 5.09. The molecule has 0 saturated carbocycles. The number of carbonyl (C=O) groups is 3. The third-order valence-electron chi connectivity index (χ3n) is 5.73. The van der Waals surface area contributed by atoms with Crippen LogP contribution in [-0.2, 0) is 21.4 Å². The zero-order chi connectivity index (χ0) is 21.5. The van der Waals surface area contributed by atoms with Gasteiger partial charge in [-0.05, 0) is 42.4 Å². The molecule has 2 aromatic rings. The number of benzene rings is 1. The molecule has 0 bridgehead atoms. The molecule has 1 aliphatic carbocycles. The molecule has 1 aromatic carbocycles. The Hall–Kier alpha value is -3.16. The van der Waals surface area contributed by atoms with Gasteiger partial charge >= 0.3 is 6.03 Å². The number of urea groups is 1. The zero-order valence-corrected chi connectivity index (χ0v) is 17.6. The summed E-state index contributed by atoms with van der Waals surface area (Å²) in [6.07, 6.45) is 4.42. The number of aromatic nitrogens is 2. The van der Waals surface area contributed by atoms with Gasteiger partial charge in [0.25, 0.3) is 5.91 Å². The second-order valence-corrected chi connectivity index (χ2v) is 8.91. The van der Waals surface area contributed by atoms with Crippen LogP contribution in [0.15, 0.2) is 30.5 Å². The van der Waals surface area contributed by atoms with Crippen molar-refractivity contribution in [2.24, 2.45) is 0 Å². The first kappa shape index (κ1) is 20.1. The maximum atomic E-state index is 12.5. The fraction of sp³-hybridized carbons (Fsp3) is 0.455. The summed E-state index contributed by atoms with van der Waals surface area (Å²) >= 11 is 0. The van der Waals surface area contributed by atoms with Gasteiger partial charge in [-0.15, -0.1) is 0 Å². The smallest absolute Gasteiger partial charge is 0.325 e. The van der Waals surface area contributed by atoms with Gasteiger partial charge in [-0.2, -0.15) is 5.10 Å². The van der Waals surface area contributed by atoms with Crippen LogP contribution in [0.3, 0.4) is 0 Å². The van der Waals surface area contributed by atoms with Gasteiger partial charge in [0.15, 0.2) is 0 Å². The van der Waals surface area contributed by atoms with Crippen LogP contribution in [0.1, 0.15) is 56.5 Å². The number of fused-ring (bicyclic) bond motifs is 1. The van der Waals surface area contributed by atoms with Gasteiger partial charge in [0.1, 0.15) is 6.54 Å². The van der Waals surface area contributed by atoms with Crippen LogP contribution in [0.2, 0.25) is 0 Å². The normalized spacial score (nSPS) is 18.9. The first-order chi connectivity index (χ1) is 14.2. The van der Waals surface area contributed by atoms with Crippen LogP contribution in [-0.4, -0.2) is 45.6 Å². The van der Waals surface area contributed by atoms with E-state index in [2.05, 4.69) is 60.8 Å². The quantitative estimate of drug-likeness (QED) is 0.757. The molecule has 8 nitrogen and oxygen atoms in total. The number of carbonyl (C=O) groups excluding carboxylic acids is 3. The van der Waals surface area contributed by atoms with Gasteiger partial charge in [0.05, 0.1) is 24.5 Å². The molecule has 0 spiro atoms. The molecule has 2 heterocycles. The Bertz CT molecular complexity index is 971. The summed E-state index contributed by atoms with van der Waals surface area (Å²) in [7, 11) is 0. The largest absolute Gasteiger partial charge is 0.348 e. The summed E-state index contributed by atoms with van der Waals surface area (Å²) in [6.45, 7) is 6.23. The highest BCUT2D eigenvalue weighted by molar-refractivity contribution is 6.04. The third kappa shape index (κ3) is 3.81. The van der Waals surface area contributed by atoms with Crippen molar-refractivity contribution in [3.63, 3.8) is 0 Å². The van der Waals surface area contributed by atoms with Crippen LogP contribution >= 0.6 is 0 Å². The van der Waals surface area contributed by atoms with E-state index in [0.717, 1.165) is 41.1 Å². The molecule has 158 valence electrons. The van der Waals surface area contributed by atoms with Crippen molar-refractivity contribution >= 4 is 17.8 Å². The first-order valence-corrected chi connectivity index (χ1v) is 10.3. The Balaban J connectivity index is 1.50. The Morgan fingerprint density at radius 2 is 1.97 bits per heavy atom. The van der Waals surface area contributed by atoms with Gasteiger partial charge in [-0.3, -0.25) is 14.5 Å². The molecule has 8 heteroatoms. The lowest BCUT2D eigenvalue weighted by atomic mass is 9.87. The van der Waals surface area contributed by atoms with Gasteiger partial charge in [-0.25, -0.2) is 9.48 Å². The molecule has 30 heavy (non-hydrogen) atoms. The molecule has 1 aromatic heterocycles. The molecule has 4 amide bonds. The molecule has 0 radical (unpaired) electrons. The van der Waals surface area contributed by atoms with E-state index >= 15 is 0 Å². The number of nitrogens with one attached hydrogen (secondary N) is 2. The van der Waals surface area contributed by atoms with Gasteiger partial charge in [-0.1, -0.05) is 32.9 Å². The minimum atomic E-state index is -0.522. The van der Waals surface area contributed by atoms with E-state index in [1.807, 2.05) is 10.9 Å². The number of hydrogen-bond acceptors (Lipinski definition) is 4. The van der Waals surface area contributed by atoms with E-state index in [-0.39, 0.29) is 36.4 Å². The minimum absolute atomic E-state index is 0.0551. The first-order valence-electron chi connectivity index (χ1n) is 10.3. The van der Waals surface area contributed by atoms with Crippen molar-refractivity contribution in [3.05, 3.63) is 47.3 Å². The van der Waals surface area contributed by atoms with Crippen LogP contribution < -0.4 is 10.6 Å². The number of nitrogens with zero attached hydrogens (tertiary/aromatic N) is 3. The molecule has 1 saturated heterocycles. The number of amides is 4. The summed E-state index contributed by atoms with van der Waals surface area (Å²) in [5, 5.41) is 9.98. The highest BCUT2D eigenvalue weighted by Crippen LogP contribution is 2.31. The molecule has 1 fully saturated rings. The lowest BCUT2D eigenvalue weighted by molar-refractivity contribution is -0.131. The maximum Gasteiger partial charge on any atom is 0.325 e. The predicted octanol–water partition coefficient (Wildman–Crippen LogP) is 2.22. The molecule has 4 rings (SSSR count). The maximum absolute atomic E-state index is 12.5. The topological polar surface area (TPSA) is 96.3 Å². The summed E-state index contributed by atoms with van der Waals surface area (Å²) in [5.41, 5.74) is 4.43. The van der Waals surface area contributed by atoms with Crippen LogP contribution in [0.25, 0.3) is 5.69 Å². The van der Waals surface area contributed by atoms with Crippen LogP contribution in [0.4, 0.5) is 4.79 Å². The second kappa shape index (κ2) is 7.59. The second-order valence-electron chi connectivity index (χ2n) is 8.91. The van der Waals surface area contributed by atoms with E-state index < -0.39 is 6.03 Å². The van der Waals surface area contributed by atoms with Gasteiger partial charge in [0.2, 0.25) is 5.91 Å². The molecular weight excluding hydrogens is 382 g/mol. The average molecular weight is 409 g/mol. The van der Waals surface area contributed by atoms with Crippen molar-refractivity contribution in [2.45, 2.75) is 51.5 Å². The van der Waals surface area contributed by atoms with E-state index in [1.54, 1.807) is 0 Å². The fourth-order valence-corrected chi connectivity index (χ4v) is 4.03. The van der Waals surface area contributed by atoms with Crippen molar-refractivity contribution in [3.8, 4) is 5.69 Å². The molecule has 2 aliphatic rings. The summed E-state index contributed by atoms with van der Waals surface area (Å²) in [6, 6.07) is 7.71. The third-order valence-corrected chi connectivity index (χ3v) is 5.73. The summed E-state index contributed by atoms with van der Waals surface area (Å²) < 4.78 is 1.94. The summed E-state index contributed by atoms with van der Waals surface area (Å²) in [5.74, 6) is -0.730. The van der Waals surface area contributed by atoms with Crippen molar-refractivity contribution in [1.29, 1.82) is 0 Å². The fourth-order valence-electron chi connectivity index (χ4n) is 4.03. The Morgan fingerprint density at radius 1 is 1.23 bits per heavy atom. The van der Waals surface area contributed by atoms with E-state index in [9.17, 15) is 14.4 Å². The Morgan fingerprint density at radius 3 is 2.60 bits per heavy atom. The van der Waals surface area contributed by atoms with Gasteiger partial charge < -0.3 is 10.6 Å². The molecule has 1 atom stereocenters. The highest BCUT2D eigenvalue weighted by atomic mass is 16.2. The molecular formula is C22H27N5O3. The lowest BCUT2D eigenvalue weighted by Gasteiger charge is -2.25. The van der Waals surface area contributed by atoms with Crippen LogP contribution in [0.5, 0.6) is 0 Å². The average Bonchev–Trinajstić information content (AvgIpc) is 3.27. The number of imide groups is 1. The highest BCUT2D eigenvalue weighted by Gasteiger charge is 2.32. The number of rotatable bonds is 4. The van der Waals surface area contributed by atoms with Crippen molar-refractivity contribution < 1.29 is 14.4 Å². The minimum Gasteiger partial charge on any atom is -0.348 e. The standard InChI is InChI=1S/C22H27N5O3/c1-22(2,3)14-7-9-15(10-8-14)27-18-6-4-5-17(16(18)11-24-27)25-19(28)13-26-20(29)12-23-21(26)30/h7-11,17H,4-6,12-13H2,1-3H3,(H,23,30)(H,25,28)/t17-/m0/s1. The van der Waals surface area contributed by atoms with Crippen molar-refractivity contribution in [2.75, 3.05) is 13.1 Å². The predicted molar refractivity (Wildman–Crippen MR) is 111 cm³/mol. The van der Waals surface area contributed by atoms with Crippen molar-refractivity contribution in [1.82, 2.24) is 25.3 Å². The summed E-state index contributed by atoms with van der Waals surface area (Å²) in [4.78, 5) is 36.8. The Labute approximate surface area is 175 Å². The van der Waals surface area contributed by atoms with Crippen LogP contribution in [0, 0.1) is 0 Å². The zero-order valence-electron chi connectivity index (χ0n) is 17.6. The molecule has 1 aliphatic heterocycles. The molecule has 0 unspecified atom stereocenters. The van der Waals surface area contributed by atoms with E-state index in [4.69, 9.17) is 0 Å². The van der Waals surface area contributed by atoms with Gasteiger partial charge in [0, 0.05) is 11.3 Å². The lowest BCUT2D eigenvalue weighted by Crippen LogP contribution is -2.42. The molecule has 2 N–H and O–H groups in total.